The van der Waals surface area contributed by atoms with Gasteiger partial charge in [0.1, 0.15) is 17.1 Å². The molecule has 8 heteroatoms. The number of carbonyl (C=O) groups excluding carboxylic acids is 2. The number of carboxylic acids is 1. The van der Waals surface area contributed by atoms with E-state index in [1.807, 2.05) is 0 Å². The Kier molecular flexibility index (Phi) is 4.56. The van der Waals surface area contributed by atoms with Crippen LogP contribution in [0.3, 0.4) is 0 Å². The van der Waals surface area contributed by atoms with Gasteiger partial charge in [0.15, 0.2) is 0 Å². The topological polar surface area (TPSA) is 126 Å². The highest BCUT2D eigenvalue weighted by molar-refractivity contribution is 6.38. The predicted molar refractivity (Wildman–Crippen MR) is 88.5 cm³/mol. The van der Waals surface area contributed by atoms with Crippen molar-refractivity contribution in [3.8, 4) is 5.75 Å². The quantitative estimate of drug-likeness (QED) is 0.442. The van der Waals surface area contributed by atoms with Crippen LogP contribution in [-0.2, 0) is 14.3 Å². The lowest BCUT2D eigenvalue weighted by atomic mass is 10.1. The number of rotatable bonds is 3. The third kappa shape index (κ3) is 3.97. The normalized spacial score (nSPS) is 12.2. The van der Waals surface area contributed by atoms with Crippen LogP contribution in [0.25, 0.3) is 16.7 Å². The lowest BCUT2D eigenvalue weighted by molar-refractivity contribution is -0.146. The van der Waals surface area contributed by atoms with Crippen LogP contribution in [0.4, 0.5) is 4.79 Å². The minimum atomic E-state index is -1.73. The second-order valence-electron chi connectivity index (χ2n) is 6.29. The fourth-order valence-electron chi connectivity index (χ4n) is 2.15. The Labute approximate surface area is 142 Å². The number of hydrogen-bond acceptors (Lipinski definition) is 6. The number of aliphatic hydroxyl groups is 1. The van der Waals surface area contributed by atoms with Crippen molar-refractivity contribution in [2.75, 3.05) is 0 Å². The summed E-state index contributed by atoms with van der Waals surface area (Å²) in [4.78, 5) is 34.2. The van der Waals surface area contributed by atoms with E-state index in [4.69, 9.17) is 9.84 Å². The van der Waals surface area contributed by atoms with Crippen molar-refractivity contribution >= 4 is 34.5 Å². The molecule has 0 aliphatic carbocycles. The second kappa shape index (κ2) is 6.31. The van der Waals surface area contributed by atoms with E-state index in [-0.39, 0.29) is 16.7 Å². The molecule has 1 heterocycles. The number of fused-ring (bicyclic) bond motifs is 1. The third-order valence-corrected chi connectivity index (χ3v) is 3.13. The summed E-state index contributed by atoms with van der Waals surface area (Å²) in [5.41, 5.74) is -0.446. The summed E-state index contributed by atoms with van der Waals surface area (Å²) >= 11 is 0. The second-order valence-corrected chi connectivity index (χ2v) is 6.29. The molecular formula is C17H17NO7. The zero-order valence-electron chi connectivity index (χ0n) is 13.8. The van der Waals surface area contributed by atoms with Crippen LogP contribution in [0.2, 0.25) is 0 Å². The van der Waals surface area contributed by atoms with E-state index in [1.54, 1.807) is 20.8 Å². The van der Waals surface area contributed by atoms with E-state index < -0.39 is 29.2 Å². The van der Waals surface area contributed by atoms with Crippen molar-refractivity contribution < 1.29 is 34.4 Å². The molecule has 8 nitrogen and oxygen atoms in total. The van der Waals surface area contributed by atoms with Crippen molar-refractivity contribution in [3.05, 3.63) is 36.0 Å². The molecule has 0 radical (unpaired) electrons. The van der Waals surface area contributed by atoms with Crippen molar-refractivity contribution in [2.24, 2.45) is 0 Å². The number of aromatic nitrogens is 1. The van der Waals surface area contributed by atoms with Gasteiger partial charge < -0.3 is 20.1 Å². The van der Waals surface area contributed by atoms with E-state index in [9.17, 15) is 24.6 Å². The fourth-order valence-corrected chi connectivity index (χ4v) is 2.15. The van der Waals surface area contributed by atoms with E-state index in [0.717, 1.165) is 4.57 Å². The van der Waals surface area contributed by atoms with Crippen LogP contribution >= 0.6 is 0 Å². The first-order valence-corrected chi connectivity index (χ1v) is 7.25. The summed E-state index contributed by atoms with van der Waals surface area (Å²) in [6.07, 6.45) is 1.01. The molecule has 2 rings (SSSR count). The number of aliphatic hydroxyl groups excluding tert-OH is 1. The first-order chi connectivity index (χ1) is 11.5. The van der Waals surface area contributed by atoms with Crippen LogP contribution in [0.15, 0.2) is 30.5 Å². The van der Waals surface area contributed by atoms with Crippen LogP contribution < -0.4 is 0 Å². The zero-order valence-corrected chi connectivity index (χ0v) is 13.8. The van der Waals surface area contributed by atoms with Gasteiger partial charge in [0.25, 0.3) is 5.78 Å². The van der Waals surface area contributed by atoms with Crippen LogP contribution in [0.5, 0.6) is 5.75 Å². The average molecular weight is 347 g/mol. The Bertz CT molecular complexity index is 900. The molecule has 0 aliphatic heterocycles. The molecule has 0 bridgehead atoms. The van der Waals surface area contributed by atoms with Gasteiger partial charge in [-0.25, -0.2) is 9.59 Å². The highest BCUT2D eigenvalue weighted by Crippen LogP contribution is 2.30. The lowest BCUT2D eigenvalue weighted by Crippen LogP contribution is -2.26. The fraction of sp³-hybridized carbons (Fsp3) is 0.235. The number of aliphatic carboxylic acids is 1. The maximum absolute atomic E-state index is 12.3. The van der Waals surface area contributed by atoms with Crippen LogP contribution in [0, 0.1) is 0 Å². The molecule has 132 valence electrons. The highest BCUT2D eigenvalue weighted by atomic mass is 16.6. The monoisotopic (exact) mass is 347 g/mol. The predicted octanol–water partition coefficient (Wildman–Crippen LogP) is 2.68. The largest absolute Gasteiger partial charge is 0.508 e. The molecule has 0 aliphatic rings. The lowest BCUT2D eigenvalue weighted by Gasteiger charge is -2.19. The van der Waals surface area contributed by atoms with Gasteiger partial charge >= 0.3 is 12.1 Å². The number of hydrogen-bond donors (Lipinski definition) is 3. The van der Waals surface area contributed by atoms with Gasteiger partial charge in [-0.3, -0.25) is 9.36 Å². The molecule has 1 aromatic heterocycles. The van der Waals surface area contributed by atoms with Gasteiger partial charge in [-0.05, 0) is 39.0 Å². The van der Waals surface area contributed by atoms with Crippen LogP contribution in [0.1, 0.15) is 26.3 Å². The molecule has 2 aromatic rings. The van der Waals surface area contributed by atoms with Gasteiger partial charge in [-0.15, -0.1) is 0 Å². The molecule has 0 spiro atoms. The van der Waals surface area contributed by atoms with Gasteiger partial charge in [0, 0.05) is 23.2 Å². The summed E-state index contributed by atoms with van der Waals surface area (Å²) in [5, 5.41) is 28.6. The molecule has 0 amide bonds. The van der Waals surface area contributed by atoms with E-state index >= 15 is 0 Å². The summed E-state index contributed by atoms with van der Waals surface area (Å²) in [7, 11) is 0. The molecule has 3 N–H and O–H groups in total. The molecule has 0 fully saturated rings. The molecular weight excluding hydrogens is 330 g/mol. The SMILES string of the molecule is CC(C)(C)OC(=O)n1cc(C(O)=CC(=O)C(=O)O)c2cc(O)ccc21. The van der Waals surface area contributed by atoms with Crippen molar-refractivity contribution in [2.45, 2.75) is 26.4 Å². The molecule has 0 atom stereocenters. The minimum absolute atomic E-state index is 0.00589. The third-order valence-electron chi connectivity index (χ3n) is 3.13. The summed E-state index contributed by atoms with van der Waals surface area (Å²) in [6.45, 7) is 5.06. The number of carboxylic acid groups (broad SMARTS) is 1. The van der Waals surface area contributed by atoms with Crippen molar-refractivity contribution in [3.63, 3.8) is 0 Å². The number of aromatic hydroxyl groups is 1. The van der Waals surface area contributed by atoms with Crippen molar-refractivity contribution in [1.82, 2.24) is 4.57 Å². The molecule has 25 heavy (non-hydrogen) atoms. The number of benzene rings is 1. The Balaban J connectivity index is 2.62. The maximum Gasteiger partial charge on any atom is 0.419 e. The Morgan fingerprint density at radius 1 is 1.16 bits per heavy atom. The Hall–Kier alpha value is -3.29. The zero-order chi connectivity index (χ0) is 18.9. The molecule has 0 saturated carbocycles. The van der Waals surface area contributed by atoms with E-state index in [1.165, 1.54) is 24.4 Å². The first kappa shape index (κ1) is 18.1. The number of phenols is 1. The number of carbonyl (C=O) groups is 3. The summed E-state index contributed by atoms with van der Waals surface area (Å²) < 4.78 is 6.38. The molecule has 1 aromatic carbocycles. The van der Waals surface area contributed by atoms with Crippen LogP contribution in [-0.4, -0.2) is 43.3 Å². The van der Waals surface area contributed by atoms with Gasteiger partial charge in [0.05, 0.1) is 5.52 Å². The number of nitrogens with zero attached hydrogens (tertiary/aromatic N) is 1. The van der Waals surface area contributed by atoms with E-state index in [2.05, 4.69) is 0 Å². The summed E-state index contributed by atoms with van der Waals surface area (Å²) in [5.74, 6) is -3.83. The Morgan fingerprint density at radius 2 is 1.80 bits per heavy atom. The molecule has 0 saturated heterocycles. The molecule has 0 unspecified atom stereocenters. The number of phenolic OH excluding ortho intramolecular Hbond substituents is 1. The van der Waals surface area contributed by atoms with Gasteiger partial charge in [-0.1, -0.05) is 0 Å². The summed E-state index contributed by atoms with van der Waals surface area (Å²) in [6, 6.07) is 4.06. The smallest absolute Gasteiger partial charge is 0.419 e. The highest BCUT2D eigenvalue weighted by Gasteiger charge is 2.22. The van der Waals surface area contributed by atoms with E-state index in [0.29, 0.717) is 11.6 Å². The average Bonchev–Trinajstić information content (AvgIpc) is 2.83. The first-order valence-electron chi connectivity index (χ1n) is 7.25. The minimum Gasteiger partial charge on any atom is -0.508 e. The number of ketones is 1. The maximum atomic E-state index is 12.3. The van der Waals surface area contributed by atoms with Gasteiger partial charge in [0.2, 0.25) is 0 Å². The number of ether oxygens (including phenoxy) is 1. The Morgan fingerprint density at radius 3 is 2.36 bits per heavy atom. The van der Waals surface area contributed by atoms with Gasteiger partial charge in [-0.2, -0.15) is 0 Å². The standard InChI is InChI=1S/C17H17NO7/c1-17(2,3)25-16(24)18-8-11(13(20)7-14(21)15(22)23)10-6-9(19)4-5-12(10)18/h4-8,19-20H,1-3H3,(H,22,23). The van der Waals surface area contributed by atoms with Crippen molar-refractivity contribution in [1.29, 1.82) is 0 Å².